The normalized spacial score (nSPS) is 19.2. The quantitative estimate of drug-likeness (QED) is 0.869. The predicted molar refractivity (Wildman–Crippen MR) is 58.6 cm³/mol. The number of halogens is 2. The first-order chi connectivity index (χ1) is 8.22. The highest BCUT2D eigenvalue weighted by molar-refractivity contribution is 5.22. The standard InChI is InChI=1S/C12H15F2NO2/c13-9-1-2-10(11(14)7-9)12(8-16)15-3-5-17-6-4-15/h1-2,7,12,16H,3-6,8H2/t12-/m0/s1. The minimum atomic E-state index is -0.615. The fourth-order valence-electron chi connectivity index (χ4n) is 2.07. The van der Waals surface area contributed by atoms with E-state index in [0.717, 1.165) is 6.07 Å². The Morgan fingerprint density at radius 1 is 1.29 bits per heavy atom. The maximum absolute atomic E-state index is 13.6. The maximum Gasteiger partial charge on any atom is 0.130 e. The van der Waals surface area contributed by atoms with Gasteiger partial charge in [-0.1, -0.05) is 6.07 Å². The first-order valence-electron chi connectivity index (χ1n) is 5.60. The van der Waals surface area contributed by atoms with E-state index in [2.05, 4.69) is 0 Å². The summed E-state index contributed by atoms with van der Waals surface area (Å²) in [6.45, 7) is 2.23. The molecule has 0 spiro atoms. The molecule has 1 aromatic carbocycles. The summed E-state index contributed by atoms with van der Waals surface area (Å²) in [4.78, 5) is 1.94. The van der Waals surface area contributed by atoms with Gasteiger partial charge in [0.2, 0.25) is 0 Å². The van der Waals surface area contributed by atoms with Crippen LogP contribution in [0.25, 0.3) is 0 Å². The fourth-order valence-corrected chi connectivity index (χ4v) is 2.07. The van der Waals surface area contributed by atoms with Gasteiger partial charge in [-0.05, 0) is 6.07 Å². The van der Waals surface area contributed by atoms with Gasteiger partial charge in [0.25, 0.3) is 0 Å². The van der Waals surface area contributed by atoms with Crippen LogP contribution in [-0.4, -0.2) is 42.9 Å². The predicted octanol–water partition coefficient (Wildman–Crippen LogP) is 1.33. The van der Waals surface area contributed by atoms with Gasteiger partial charge in [0.05, 0.1) is 25.9 Å². The smallest absolute Gasteiger partial charge is 0.130 e. The average Bonchev–Trinajstić information content (AvgIpc) is 2.34. The van der Waals surface area contributed by atoms with Gasteiger partial charge >= 0.3 is 0 Å². The van der Waals surface area contributed by atoms with Crippen molar-refractivity contribution in [2.24, 2.45) is 0 Å². The topological polar surface area (TPSA) is 32.7 Å². The molecule has 1 heterocycles. The molecule has 1 atom stereocenters. The van der Waals surface area contributed by atoms with Gasteiger partial charge in [-0.3, -0.25) is 4.90 Å². The Balaban J connectivity index is 2.21. The summed E-state index contributed by atoms with van der Waals surface area (Å²) >= 11 is 0. The molecule has 0 aliphatic carbocycles. The minimum absolute atomic E-state index is 0.192. The van der Waals surface area contributed by atoms with Crippen LogP contribution in [0.3, 0.4) is 0 Å². The van der Waals surface area contributed by atoms with Gasteiger partial charge < -0.3 is 9.84 Å². The summed E-state index contributed by atoms with van der Waals surface area (Å²) in [7, 11) is 0. The number of nitrogens with zero attached hydrogens (tertiary/aromatic N) is 1. The lowest BCUT2D eigenvalue weighted by molar-refractivity contribution is 0.00171. The summed E-state index contributed by atoms with van der Waals surface area (Å²) in [5.74, 6) is -1.22. The Morgan fingerprint density at radius 3 is 2.59 bits per heavy atom. The molecule has 2 rings (SSSR count). The molecule has 17 heavy (non-hydrogen) atoms. The number of morpholine rings is 1. The third-order valence-electron chi connectivity index (χ3n) is 2.98. The zero-order chi connectivity index (χ0) is 12.3. The van der Waals surface area contributed by atoms with Gasteiger partial charge in [0.1, 0.15) is 11.6 Å². The highest BCUT2D eigenvalue weighted by Gasteiger charge is 2.24. The van der Waals surface area contributed by atoms with Crippen LogP contribution >= 0.6 is 0 Å². The summed E-state index contributed by atoms with van der Waals surface area (Å²) in [6, 6.07) is 3.01. The number of hydrogen-bond donors (Lipinski definition) is 1. The maximum atomic E-state index is 13.6. The van der Waals surface area contributed by atoms with Crippen molar-refractivity contribution < 1.29 is 18.6 Å². The Morgan fingerprint density at radius 2 is 2.00 bits per heavy atom. The zero-order valence-electron chi connectivity index (χ0n) is 9.40. The Hall–Kier alpha value is -1.04. The van der Waals surface area contributed by atoms with Crippen molar-refractivity contribution in [1.29, 1.82) is 0 Å². The summed E-state index contributed by atoms with van der Waals surface area (Å²) in [5, 5.41) is 9.38. The van der Waals surface area contributed by atoms with Crippen LogP contribution in [0.4, 0.5) is 8.78 Å². The van der Waals surface area contributed by atoms with E-state index < -0.39 is 17.7 Å². The van der Waals surface area contributed by atoms with Crippen molar-refractivity contribution in [3.63, 3.8) is 0 Å². The molecule has 1 saturated heterocycles. The molecule has 1 fully saturated rings. The number of aliphatic hydroxyl groups is 1. The highest BCUT2D eigenvalue weighted by atomic mass is 19.1. The second-order valence-electron chi connectivity index (χ2n) is 4.01. The van der Waals surface area contributed by atoms with E-state index in [1.165, 1.54) is 12.1 Å². The van der Waals surface area contributed by atoms with Gasteiger partial charge in [-0.15, -0.1) is 0 Å². The van der Waals surface area contributed by atoms with Crippen molar-refractivity contribution in [3.05, 3.63) is 35.4 Å². The second kappa shape index (κ2) is 5.53. The monoisotopic (exact) mass is 243 g/mol. The first kappa shape index (κ1) is 12.4. The van der Waals surface area contributed by atoms with E-state index >= 15 is 0 Å². The van der Waals surface area contributed by atoms with Crippen LogP contribution in [-0.2, 0) is 4.74 Å². The fraction of sp³-hybridized carbons (Fsp3) is 0.500. The average molecular weight is 243 g/mol. The molecule has 0 saturated carbocycles. The van der Waals surface area contributed by atoms with Crippen LogP contribution in [0.1, 0.15) is 11.6 Å². The van der Waals surface area contributed by atoms with Crippen LogP contribution in [0.2, 0.25) is 0 Å². The third-order valence-corrected chi connectivity index (χ3v) is 2.98. The molecule has 0 unspecified atom stereocenters. The van der Waals surface area contributed by atoms with Gasteiger partial charge in [0.15, 0.2) is 0 Å². The summed E-state index contributed by atoms with van der Waals surface area (Å²) < 4.78 is 31.7. The molecular formula is C12H15F2NO2. The molecular weight excluding hydrogens is 228 g/mol. The lowest BCUT2D eigenvalue weighted by Crippen LogP contribution is -2.40. The van der Waals surface area contributed by atoms with E-state index in [1.54, 1.807) is 0 Å². The molecule has 1 aromatic rings. The van der Waals surface area contributed by atoms with Crippen molar-refractivity contribution in [2.75, 3.05) is 32.9 Å². The largest absolute Gasteiger partial charge is 0.394 e. The number of hydrogen-bond acceptors (Lipinski definition) is 3. The first-order valence-corrected chi connectivity index (χ1v) is 5.60. The van der Waals surface area contributed by atoms with Crippen molar-refractivity contribution in [1.82, 2.24) is 4.90 Å². The minimum Gasteiger partial charge on any atom is -0.394 e. The van der Waals surface area contributed by atoms with E-state index in [-0.39, 0.29) is 6.61 Å². The lowest BCUT2D eigenvalue weighted by Gasteiger charge is -2.33. The second-order valence-corrected chi connectivity index (χ2v) is 4.01. The van der Waals surface area contributed by atoms with E-state index in [1.807, 2.05) is 4.90 Å². The van der Waals surface area contributed by atoms with Crippen LogP contribution in [0.5, 0.6) is 0 Å². The number of rotatable bonds is 3. The molecule has 0 bridgehead atoms. The Bertz CT molecular complexity index is 381. The van der Waals surface area contributed by atoms with Gasteiger partial charge in [-0.2, -0.15) is 0 Å². The lowest BCUT2D eigenvalue weighted by atomic mass is 10.0. The van der Waals surface area contributed by atoms with E-state index in [4.69, 9.17) is 4.74 Å². The Kier molecular flexibility index (Phi) is 4.04. The highest BCUT2D eigenvalue weighted by Crippen LogP contribution is 2.24. The van der Waals surface area contributed by atoms with Gasteiger partial charge in [0, 0.05) is 24.7 Å². The van der Waals surface area contributed by atoms with Gasteiger partial charge in [-0.25, -0.2) is 8.78 Å². The number of benzene rings is 1. The molecule has 1 aliphatic heterocycles. The number of ether oxygens (including phenoxy) is 1. The molecule has 3 nitrogen and oxygen atoms in total. The van der Waals surface area contributed by atoms with Crippen molar-refractivity contribution in [3.8, 4) is 0 Å². The summed E-state index contributed by atoms with van der Waals surface area (Å²) in [5.41, 5.74) is 0.329. The van der Waals surface area contributed by atoms with Crippen LogP contribution in [0.15, 0.2) is 18.2 Å². The molecule has 5 heteroatoms. The zero-order valence-corrected chi connectivity index (χ0v) is 9.40. The third kappa shape index (κ3) is 2.80. The van der Waals surface area contributed by atoms with E-state index in [9.17, 15) is 13.9 Å². The molecule has 0 radical (unpaired) electrons. The van der Waals surface area contributed by atoms with Crippen molar-refractivity contribution in [2.45, 2.75) is 6.04 Å². The Labute approximate surface area is 98.6 Å². The summed E-state index contributed by atoms with van der Waals surface area (Å²) in [6.07, 6.45) is 0. The molecule has 0 aromatic heterocycles. The molecule has 94 valence electrons. The van der Waals surface area contributed by atoms with E-state index in [0.29, 0.717) is 31.9 Å². The molecule has 1 N–H and O–H groups in total. The SMILES string of the molecule is OC[C@@H](c1ccc(F)cc1F)N1CCOCC1. The molecule has 0 amide bonds. The molecule has 1 aliphatic rings. The van der Waals surface area contributed by atoms with Crippen LogP contribution < -0.4 is 0 Å². The van der Waals surface area contributed by atoms with Crippen LogP contribution in [0, 0.1) is 11.6 Å². The van der Waals surface area contributed by atoms with Crippen molar-refractivity contribution >= 4 is 0 Å². The number of aliphatic hydroxyl groups excluding tert-OH is 1.